The van der Waals surface area contributed by atoms with Gasteiger partial charge in [0.2, 0.25) is 0 Å². The van der Waals surface area contributed by atoms with Crippen molar-refractivity contribution in [3.8, 4) is 6.07 Å². The molecule has 0 heterocycles. The van der Waals surface area contributed by atoms with E-state index < -0.39 is 5.83 Å². The second kappa shape index (κ2) is 14.0. The van der Waals surface area contributed by atoms with Crippen molar-refractivity contribution in [2.24, 2.45) is 23.7 Å². The van der Waals surface area contributed by atoms with Crippen molar-refractivity contribution in [3.05, 3.63) is 24.1 Å². The van der Waals surface area contributed by atoms with Crippen LogP contribution < -0.4 is 0 Å². The Bertz CT molecular complexity index is 499. The minimum atomic E-state index is -0.698. The van der Waals surface area contributed by atoms with Crippen LogP contribution in [0.25, 0.3) is 0 Å². The van der Waals surface area contributed by atoms with Crippen molar-refractivity contribution in [2.75, 3.05) is 0 Å². The van der Waals surface area contributed by atoms with Crippen LogP contribution in [-0.2, 0) is 0 Å². The number of unbranched alkanes of at least 4 members (excludes halogenated alkanes) is 4. The maximum absolute atomic E-state index is 12.8. The number of nitrogens with zero attached hydrogens (tertiary/aromatic N) is 1. The van der Waals surface area contributed by atoms with Crippen LogP contribution in [0, 0.1) is 35.0 Å². The van der Waals surface area contributed by atoms with E-state index in [0.717, 1.165) is 17.8 Å². The summed E-state index contributed by atoms with van der Waals surface area (Å²) in [5.41, 5.74) is 0. The van der Waals surface area contributed by atoms with Crippen LogP contribution in [0.3, 0.4) is 0 Å². The maximum Gasteiger partial charge on any atom is 0.199 e. The Hall–Kier alpha value is -1.10. The zero-order chi connectivity index (χ0) is 20.0. The highest BCUT2D eigenvalue weighted by Gasteiger charge is 2.24. The molecule has 2 aliphatic rings. The highest BCUT2D eigenvalue weighted by atomic mass is 19.1. The Labute approximate surface area is 173 Å². The van der Waals surface area contributed by atoms with Gasteiger partial charge in [-0.1, -0.05) is 96.1 Å². The molecular formula is C26H42FN. The molecule has 0 unspecified atom stereocenters. The lowest BCUT2D eigenvalue weighted by Crippen LogP contribution is -2.17. The smallest absolute Gasteiger partial charge is 0.195 e. The molecule has 0 saturated heterocycles. The minimum Gasteiger partial charge on any atom is -0.195 e. The van der Waals surface area contributed by atoms with Gasteiger partial charge in [0.1, 0.15) is 6.07 Å². The third kappa shape index (κ3) is 9.40. The van der Waals surface area contributed by atoms with Crippen LogP contribution in [0.4, 0.5) is 4.39 Å². The van der Waals surface area contributed by atoms with Gasteiger partial charge in [-0.05, 0) is 55.4 Å². The zero-order valence-corrected chi connectivity index (χ0v) is 18.2. The summed E-state index contributed by atoms with van der Waals surface area (Å²) >= 11 is 0. The zero-order valence-electron chi connectivity index (χ0n) is 18.2. The SMILES string of the molecule is CCCCCCC[C@H]1CC[C@H](CC[C@H]2CC[C@H](C=CC=C(F)C#N)CC2)CC1. The van der Waals surface area contributed by atoms with Crippen LogP contribution >= 0.6 is 0 Å². The van der Waals surface area contributed by atoms with Crippen molar-refractivity contribution >= 4 is 0 Å². The average molecular weight is 388 g/mol. The second-order valence-electron chi connectivity index (χ2n) is 9.46. The fraction of sp³-hybridized carbons (Fsp3) is 0.808. The van der Waals surface area contributed by atoms with Gasteiger partial charge in [-0.25, -0.2) is 0 Å². The van der Waals surface area contributed by atoms with Crippen LogP contribution in [0.15, 0.2) is 24.1 Å². The molecule has 0 amide bonds. The van der Waals surface area contributed by atoms with E-state index in [9.17, 15) is 4.39 Å². The van der Waals surface area contributed by atoms with Gasteiger partial charge < -0.3 is 0 Å². The van der Waals surface area contributed by atoms with Gasteiger partial charge in [-0.2, -0.15) is 9.65 Å². The van der Waals surface area contributed by atoms with Gasteiger partial charge in [0, 0.05) is 0 Å². The van der Waals surface area contributed by atoms with Gasteiger partial charge in [-0.15, -0.1) is 0 Å². The quantitative estimate of drug-likeness (QED) is 0.197. The van der Waals surface area contributed by atoms with E-state index >= 15 is 0 Å². The number of hydrogen-bond acceptors (Lipinski definition) is 1. The Balaban J connectivity index is 1.52. The van der Waals surface area contributed by atoms with Crippen LogP contribution in [0.5, 0.6) is 0 Å². The van der Waals surface area contributed by atoms with Crippen LogP contribution in [0.1, 0.15) is 110 Å². The van der Waals surface area contributed by atoms with Crippen molar-refractivity contribution < 1.29 is 4.39 Å². The summed E-state index contributed by atoms with van der Waals surface area (Å²) in [6.07, 6.45) is 27.6. The molecule has 0 aromatic rings. The fourth-order valence-electron chi connectivity index (χ4n) is 5.32. The predicted octanol–water partition coefficient (Wildman–Crippen LogP) is 8.67. The standard InChI is InChI=1S/C26H42FN/c1-2-3-4-5-6-8-22-11-15-24(16-12-22)19-20-25-17-13-23(14-18-25)9-7-10-26(27)21-28/h7,9-10,22-25H,2-6,8,11-20H2,1H3/t22-,23-,24-,25-. The molecular weight excluding hydrogens is 345 g/mol. The van der Waals surface area contributed by atoms with Gasteiger partial charge in [0.25, 0.3) is 0 Å². The fourth-order valence-corrected chi connectivity index (χ4v) is 5.32. The summed E-state index contributed by atoms with van der Waals surface area (Å²) in [4.78, 5) is 0. The van der Waals surface area contributed by atoms with E-state index in [1.54, 1.807) is 6.08 Å². The maximum atomic E-state index is 12.8. The summed E-state index contributed by atoms with van der Waals surface area (Å²) in [5.74, 6) is 2.81. The molecule has 0 radical (unpaired) electrons. The largest absolute Gasteiger partial charge is 0.199 e. The Morgan fingerprint density at radius 1 is 0.821 bits per heavy atom. The molecule has 2 fully saturated rings. The Kier molecular flexibility index (Phi) is 11.6. The summed E-state index contributed by atoms with van der Waals surface area (Å²) < 4.78 is 12.8. The molecule has 2 aliphatic carbocycles. The average Bonchev–Trinajstić information content (AvgIpc) is 2.73. The lowest BCUT2D eigenvalue weighted by atomic mass is 9.75. The normalized spacial score (nSPS) is 29.1. The van der Waals surface area contributed by atoms with Crippen molar-refractivity contribution in [3.63, 3.8) is 0 Å². The van der Waals surface area contributed by atoms with Crippen molar-refractivity contribution in [1.29, 1.82) is 5.26 Å². The first-order valence-electron chi connectivity index (χ1n) is 12.1. The Morgan fingerprint density at radius 3 is 1.93 bits per heavy atom. The molecule has 2 rings (SSSR count). The van der Waals surface area contributed by atoms with Crippen molar-refractivity contribution in [2.45, 2.75) is 110 Å². The molecule has 0 bridgehead atoms. The van der Waals surface area contributed by atoms with E-state index in [4.69, 9.17) is 5.26 Å². The third-order valence-electron chi connectivity index (χ3n) is 7.29. The molecule has 0 spiro atoms. The number of allylic oxidation sites excluding steroid dienone is 4. The second-order valence-corrected chi connectivity index (χ2v) is 9.46. The first-order valence-corrected chi connectivity index (χ1v) is 12.1. The summed E-state index contributed by atoms with van der Waals surface area (Å²) in [5, 5.41) is 8.43. The number of halogens is 1. The minimum absolute atomic E-state index is 0.576. The first kappa shape index (κ1) is 23.2. The van der Waals surface area contributed by atoms with E-state index in [1.807, 2.05) is 0 Å². The number of nitriles is 1. The van der Waals surface area contributed by atoms with Crippen molar-refractivity contribution in [1.82, 2.24) is 0 Å². The predicted molar refractivity (Wildman–Crippen MR) is 117 cm³/mol. The molecule has 0 N–H and O–H groups in total. The molecule has 0 aliphatic heterocycles. The van der Waals surface area contributed by atoms with Gasteiger partial charge in [0.05, 0.1) is 0 Å². The molecule has 0 atom stereocenters. The molecule has 0 aromatic carbocycles. The number of rotatable bonds is 11. The highest BCUT2D eigenvalue weighted by molar-refractivity contribution is 5.19. The van der Waals surface area contributed by atoms with Gasteiger partial charge in [-0.3, -0.25) is 0 Å². The molecule has 158 valence electrons. The van der Waals surface area contributed by atoms with Gasteiger partial charge in [0.15, 0.2) is 5.83 Å². The number of hydrogen-bond donors (Lipinski definition) is 0. The first-order chi connectivity index (χ1) is 13.7. The highest BCUT2D eigenvalue weighted by Crippen LogP contribution is 2.38. The van der Waals surface area contributed by atoms with Gasteiger partial charge >= 0.3 is 0 Å². The topological polar surface area (TPSA) is 23.8 Å². The lowest BCUT2D eigenvalue weighted by molar-refractivity contribution is 0.219. The van der Waals surface area contributed by atoms with E-state index in [0.29, 0.717) is 5.92 Å². The van der Waals surface area contributed by atoms with Crippen LogP contribution in [0.2, 0.25) is 0 Å². The summed E-state index contributed by atoms with van der Waals surface area (Å²) in [6, 6.07) is 1.52. The molecule has 0 aromatic heterocycles. The molecule has 1 nitrogen and oxygen atoms in total. The molecule has 2 saturated carbocycles. The molecule has 28 heavy (non-hydrogen) atoms. The summed E-state index contributed by atoms with van der Waals surface area (Å²) in [6.45, 7) is 2.29. The van der Waals surface area contributed by atoms with Crippen LogP contribution in [-0.4, -0.2) is 0 Å². The van der Waals surface area contributed by atoms with E-state index in [1.165, 1.54) is 115 Å². The monoisotopic (exact) mass is 387 g/mol. The third-order valence-corrected chi connectivity index (χ3v) is 7.29. The molecule has 2 heteroatoms. The Morgan fingerprint density at radius 2 is 1.36 bits per heavy atom. The summed E-state index contributed by atoms with van der Waals surface area (Å²) in [7, 11) is 0. The lowest BCUT2D eigenvalue weighted by Gasteiger charge is -2.31. The van der Waals surface area contributed by atoms with E-state index in [-0.39, 0.29) is 0 Å². The van der Waals surface area contributed by atoms with E-state index in [2.05, 4.69) is 13.0 Å².